The van der Waals surface area contributed by atoms with Crippen LogP contribution in [-0.4, -0.2) is 29.3 Å². The summed E-state index contributed by atoms with van der Waals surface area (Å²) in [5.74, 6) is 0. The van der Waals surface area contributed by atoms with E-state index in [1.165, 1.54) is 16.0 Å². The maximum atomic E-state index is 2.38. The summed E-state index contributed by atoms with van der Waals surface area (Å²) in [5.41, 5.74) is 3.35. The van der Waals surface area contributed by atoms with Crippen molar-refractivity contribution < 1.29 is 34.0 Å². The Bertz CT molecular complexity index is 379. The van der Waals surface area contributed by atoms with E-state index in [1.54, 1.807) is 0 Å². The van der Waals surface area contributed by atoms with Crippen molar-refractivity contribution in [3.8, 4) is 0 Å². The van der Waals surface area contributed by atoms with Crippen LogP contribution >= 0.6 is 11.8 Å². The Labute approximate surface area is 160 Å². The standard InChI is InChI=1S/C15H24S.2BrH.Mg/c1-14(2,3)11-8-9-13(16-7)12(10-11)15(4,5)6;;;/h8-10H,1-7H3;2*1H;/q;;;+2/p-2. The van der Waals surface area contributed by atoms with E-state index in [1.807, 2.05) is 11.8 Å². The molecule has 0 aromatic heterocycles. The smallest absolute Gasteiger partial charge is 1.00 e. The van der Waals surface area contributed by atoms with E-state index in [4.69, 9.17) is 0 Å². The normalized spacial score (nSPS) is 10.9. The summed E-state index contributed by atoms with van der Waals surface area (Å²) in [7, 11) is 0. The summed E-state index contributed by atoms with van der Waals surface area (Å²) in [5, 5.41) is 0. The van der Waals surface area contributed by atoms with Gasteiger partial charge >= 0.3 is 23.1 Å². The zero-order valence-corrected chi connectivity index (χ0v) is 18.5. The zero-order chi connectivity index (χ0) is 12.6. The molecule has 0 radical (unpaired) electrons. The molecule has 0 unspecified atom stereocenters. The van der Waals surface area contributed by atoms with Gasteiger partial charge in [-0.05, 0) is 34.3 Å². The summed E-state index contributed by atoms with van der Waals surface area (Å²) in [4.78, 5) is 1.40. The Hall–Kier alpha value is 1.30. The van der Waals surface area contributed by atoms with Crippen LogP contribution in [0.3, 0.4) is 0 Å². The Morgan fingerprint density at radius 1 is 0.842 bits per heavy atom. The Kier molecular flexibility index (Phi) is 12.4. The van der Waals surface area contributed by atoms with Crippen LogP contribution < -0.4 is 34.0 Å². The Morgan fingerprint density at radius 3 is 1.63 bits per heavy atom. The average Bonchev–Trinajstić information content (AvgIpc) is 2.14. The van der Waals surface area contributed by atoms with Gasteiger partial charge < -0.3 is 34.0 Å². The largest absolute Gasteiger partial charge is 2.00 e. The summed E-state index contributed by atoms with van der Waals surface area (Å²) >= 11 is 1.84. The van der Waals surface area contributed by atoms with Gasteiger partial charge in [-0.3, -0.25) is 0 Å². The first-order valence-electron chi connectivity index (χ1n) is 5.85. The molecule has 0 aliphatic rings. The van der Waals surface area contributed by atoms with Crippen LogP contribution in [0.4, 0.5) is 0 Å². The quantitative estimate of drug-likeness (QED) is 0.399. The van der Waals surface area contributed by atoms with E-state index < -0.39 is 0 Å². The summed E-state index contributed by atoms with van der Waals surface area (Å²) in [6.45, 7) is 13.7. The molecule has 0 fully saturated rings. The molecule has 0 amide bonds. The number of benzene rings is 1. The first-order valence-corrected chi connectivity index (χ1v) is 7.08. The van der Waals surface area contributed by atoms with Crippen molar-refractivity contribution >= 4 is 34.8 Å². The monoisotopic (exact) mass is 418 g/mol. The minimum absolute atomic E-state index is 0. The average molecular weight is 421 g/mol. The zero-order valence-electron chi connectivity index (χ0n) is 13.1. The second-order valence-electron chi connectivity index (χ2n) is 6.42. The van der Waals surface area contributed by atoms with E-state index >= 15 is 0 Å². The molecule has 0 spiro atoms. The fourth-order valence-corrected chi connectivity index (χ4v) is 2.55. The molecule has 4 heteroatoms. The molecule has 0 saturated carbocycles. The van der Waals surface area contributed by atoms with Gasteiger partial charge in [0.2, 0.25) is 0 Å². The van der Waals surface area contributed by atoms with Crippen LogP contribution in [-0.2, 0) is 10.8 Å². The first kappa shape index (κ1) is 25.3. The number of rotatable bonds is 1. The van der Waals surface area contributed by atoms with E-state index in [9.17, 15) is 0 Å². The molecule has 0 aliphatic heterocycles. The van der Waals surface area contributed by atoms with Crippen LogP contribution in [0.5, 0.6) is 0 Å². The molecule has 0 heterocycles. The summed E-state index contributed by atoms with van der Waals surface area (Å²) in [6, 6.07) is 6.92. The molecular formula is C15H24Br2MgS. The summed E-state index contributed by atoms with van der Waals surface area (Å²) in [6.07, 6.45) is 2.15. The maximum absolute atomic E-state index is 2.38. The van der Waals surface area contributed by atoms with Gasteiger partial charge in [0.25, 0.3) is 0 Å². The molecule has 0 atom stereocenters. The van der Waals surface area contributed by atoms with Gasteiger partial charge in [-0.15, -0.1) is 11.8 Å². The third kappa shape index (κ3) is 7.21. The van der Waals surface area contributed by atoms with Crippen LogP contribution in [0.2, 0.25) is 0 Å². The molecule has 1 aromatic carbocycles. The van der Waals surface area contributed by atoms with Crippen molar-refractivity contribution in [2.75, 3.05) is 6.26 Å². The van der Waals surface area contributed by atoms with Crippen LogP contribution in [0.1, 0.15) is 52.7 Å². The molecule has 0 aliphatic carbocycles. The number of hydrogen-bond acceptors (Lipinski definition) is 1. The Morgan fingerprint density at radius 2 is 1.32 bits per heavy atom. The van der Waals surface area contributed by atoms with E-state index in [0.717, 1.165) is 0 Å². The van der Waals surface area contributed by atoms with Gasteiger partial charge in [-0.1, -0.05) is 53.7 Å². The van der Waals surface area contributed by atoms with Gasteiger partial charge in [0.05, 0.1) is 0 Å². The van der Waals surface area contributed by atoms with Crippen LogP contribution in [0.15, 0.2) is 23.1 Å². The fraction of sp³-hybridized carbons (Fsp3) is 0.600. The molecule has 1 rings (SSSR count). The molecule has 0 N–H and O–H groups in total. The minimum atomic E-state index is 0. The number of halogens is 2. The predicted octanol–water partition coefficient (Wildman–Crippen LogP) is -1.37. The third-order valence-corrected chi connectivity index (χ3v) is 3.67. The molecule has 0 bridgehead atoms. The van der Waals surface area contributed by atoms with Crippen molar-refractivity contribution in [2.24, 2.45) is 0 Å². The van der Waals surface area contributed by atoms with Gasteiger partial charge in [-0.25, -0.2) is 0 Å². The van der Waals surface area contributed by atoms with Gasteiger partial charge in [-0.2, -0.15) is 0 Å². The number of hydrogen-bond donors (Lipinski definition) is 0. The minimum Gasteiger partial charge on any atom is -1.00 e. The van der Waals surface area contributed by atoms with Crippen molar-refractivity contribution in [2.45, 2.75) is 57.3 Å². The number of thioether (sulfide) groups is 1. The molecule has 19 heavy (non-hydrogen) atoms. The second-order valence-corrected chi connectivity index (χ2v) is 7.26. The summed E-state index contributed by atoms with van der Waals surface area (Å²) < 4.78 is 0. The van der Waals surface area contributed by atoms with Crippen molar-refractivity contribution in [1.82, 2.24) is 0 Å². The van der Waals surface area contributed by atoms with Crippen LogP contribution in [0.25, 0.3) is 0 Å². The third-order valence-electron chi connectivity index (χ3n) is 2.87. The van der Waals surface area contributed by atoms with Crippen molar-refractivity contribution in [3.05, 3.63) is 29.3 Å². The fourth-order valence-electron chi connectivity index (χ4n) is 1.76. The molecular weight excluding hydrogens is 396 g/mol. The topological polar surface area (TPSA) is 0 Å². The van der Waals surface area contributed by atoms with Gasteiger partial charge in [0.1, 0.15) is 0 Å². The molecule has 1 aromatic rings. The second kappa shape index (κ2) is 9.34. The van der Waals surface area contributed by atoms with Crippen molar-refractivity contribution in [1.29, 1.82) is 0 Å². The van der Waals surface area contributed by atoms with E-state index in [-0.39, 0.29) is 67.8 Å². The Balaban J connectivity index is -0.000000853. The van der Waals surface area contributed by atoms with Gasteiger partial charge in [0, 0.05) is 4.90 Å². The molecule has 0 nitrogen and oxygen atoms in total. The first-order chi connectivity index (χ1) is 7.16. The van der Waals surface area contributed by atoms with Gasteiger partial charge in [0.15, 0.2) is 0 Å². The van der Waals surface area contributed by atoms with E-state index in [0.29, 0.717) is 0 Å². The predicted molar refractivity (Wildman–Crippen MR) is 81.4 cm³/mol. The van der Waals surface area contributed by atoms with Crippen molar-refractivity contribution in [3.63, 3.8) is 0 Å². The maximum Gasteiger partial charge on any atom is 2.00 e. The molecule has 0 saturated heterocycles. The SMILES string of the molecule is CSc1ccc(C(C)(C)C)cc1C(C)(C)C.[Br-].[Br-].[Mg+2]. The van der Waals surface area contributed by atoms with E-state index in [2.05, 4.69) is 66.0 Å². The van der Waals surface area contributed by atoms with Crippen LogP contribution in [0, 0.1) is 0 Å². The molecule has 106 valence electrons.